The molecular weight excluding hydrogens is 469 g/mol. The molecule has 3 aromatic rings. The first-order valence-corrected chi connectivity index (χ1v) is 13.5. The van der Waals surface area contributed by atoms with Crippen LogP contribution in [0.4, 0.5) is 4.39 Å². The molecule has 0 fully saturated rings. The van der Waals surface area contributed by atoms with Gasteiger partial charge in [0.1, 0.15) is 5.82 Å². The zero-order valence-electron chi connectivity index (χ0n) is 20.6. The lowest BCUT2D eigenvalue weighted by atomic mass is 9.89. The van der Waals surface area contributed by atoms with Crippen LogP contribution in [0, 0.1) is 5.82 Å². The van der Waals surface area contributed by atoms with Crippen LogP contribution in [0.25, 0.3) is 0 Å². The van der Waals surface area contributed by atoms with Crippen molar-refractivity contribution in [3.63, 3.8) is 0 Å². The van der Waals surface area contributed by atoms with E-state index in [1.54, 1.807) is 36.4 Å². The van der Waals surface area contributed by atoms with Crippen LogP contribution in [0.15, 0.2) is 65.6 Å². The van der Waals surface area contributed by atoms with Gasteiger partial charge in [-0.2, -0.15) is 4.72 Å². The SMILES string of the molecule is CC(C)c1cc(C(C)C)c(S(=O)(=O)NC(c2ccc(F)cc2)c2ccc(Cl)cc2)c(C(C)C)c1. The average molecular weight is 502 g/mol. The zero-order chi connectivity index (χ0) is 25.2. The summed E-state index contributed by atoms with van der Waals surface area (Å²) in [7, 11) is -3.95. The summed E-state index contributed by atoms with van der Waals surface area (Å²) in [6.45, 7) is 12.3. The number of benzene rings is 3. The molecule has 0 saturated carbocycles. The summed E-state index contributed by atoms with van der Waals surface area (Å²) in [5.74, 6) is -0.0687. The van der Waals surface area contributed by atoms with Crippen LogP contribution in [-0.4, -0.2) is 8.42 Å². The molecule has 0 bridgehead atoms. The fourth-order valence-electron chi connectivity index (χ4n) is 4.05. The molecule has 0 radical (unpaired) electrons. The Kier molecular flexibility index (Phi) is 8.22. The first-order valence-electron chi connectivity index (χ1n) is 11.6. The van der Waals surface area contributed by atoms with E-state index in [4.69, 9.17) is 11.6 Å². The molecule has 6 heteroatoms. The summed E-state index contributed by atoms with van der Waals surface area (Å²) in [4.78, 5) is 0.336. The van der Waals surface area contributed by atoms with Gasteiger partial charge in [-0.3, -0.25) is 0 Å². The summed E-state index contributed by atoms with van der Waals surface area (Å²) < 4.78 is 44.7. The molecule has 0 heterocycles. The van der Waals surface area contributed by atoms with Gasteiger partial charge < -0.3 is 0 Å². The fraction of sp³-hybridized carbons (Fsp3) is 0.357. The van der Waals surface area contributed by atoms with Crippen LogP contribution in [0.5, 0.6) is 0 Å². The third-order valence-electron chi connectivity index (χ3n) is 6.03. The molecule has 0 aliphatic carbocycles. The Morgan fingerprint density at radius 2 is 1.15 bits per heavy atom. The highest BCUT2D eigenvalue weighted by atomic mass is 35.5. The van der Waals surface area contributed by atoms with E-state index >= 15 is 0 Å². The van der Waals surface area contributed by atoms with Crippen LogP contribution in [-0.2, 0) is 10.0 Å². The van der Waals surface area contributed by atoms with Crippen molar-refractivity contribution in [2.24, 2.45) is 0 Å². The van der Waals surface area contributed by atoms with Crippen LogP contribution in [0.3, 0.4) is 0 Å². The number of hydrogen-bond acceptors (Lipinski definition) is 2. The molecule has 0 aliphatic rings. The van der Waals surface area contributed by atoms with Crippen LogP contribution in [0.2, 0.25) is 5.02 Å². The van der Waals surface area contributed by atoms with Gasteiger partial charge in [0, 0.05) is 5.02 Å². The summed E-state index contributed by atoms with van der Waals surface area (Å²) in [5.41, 5.74) is 4.09. The number of rotatable bonds is 8. The average Bonchev–Trinajstić information content (AvgIpc) is 2.77. The minimum Gasteiger partial charge on any atom is -0.207 e. The number of hydrogen-bond donors (Lipinski definition) is 1. The van der Waals surface area contributed by atoms with Gasteiger partial charge in [0.2, 0.25) is 10.0 Å². The molecule has 3 aromatic carbocycles. The Morgan fingerprint density at radius 3 is 1.56 bits per heavy atom. The first-order chi connectivity index (χ1) is 15.9. The molecule has 0 spiro atoms. The van der Waals surface area contributed by atoms with E-state index in [0.717, 1.165) is 22.3 Å². The quantitative estimate of drug-likeness (QED) is 0.340. The van der Waals surface area contributed by atoms with Crippen molar-refractivity contribution in [1.82, 2.24) is 4.72 Å². The Morgan fingerprint density at radius 1 is 0.706 bits per heavy atom. The third kappa shape index (κ3) is 5.88. The van der Waals surface area contributed by atoms with E-state index in [1.807, 2.05) is 39.8 Å². The van der Waals surface area contributed by atoms with E-state index in [0.29, 0.717) is 15.5 Å². The molecule has 3 rings (SSSR count). The maximum atomic E-state index is 14.0. The van der Waals surface area contributed by atoms with Crippen molar-refractivity contribution in [3.8, 4) is 0 Å². The molecule has 1 atom stereocenters. The largest absolute Gasteiger partial charge is 0.242 e. The lowest BCUT2D eigenvalue weighted by Gasteiger charge is -2.26. The molecule has 1 N–H and O–H groups in total. The van der Waals surface area contributed by atoms with Gasteiger partial charge in [-0.1, -0.05) is 89.5 Å². The smallest absolute Gasteiger partial charge is 0.207 e. The van der Waals surface area contributed by atoms with Gasteiger partial charge in [0.15, 0.2) is 0 Å². The topological polar surface area (TPSA) is 46.2 Å². The minimum absolute atomic E-state index is 0.0163. The van der Waals surface area contributed by atoms with E-state index < -0.39 is 16.1 Å². The first kappa shape index (κ1) is 26.4. The molecule has 1 unspecified atom stereocenters. The second-order valence-electron chi connectivity index (χ2n) is 9.65. The number of sulfonamides is 1. The van der Waals surface area contributed by atoms with E-state index in [2.05, 4.69) is 18.6 Å². The van der Waals surface area contributed by atoms with Crippen molar-refractivity contribution >= 4 is 21.6 Å². The number of halogens is 2. The third-order valence-corrected chi connectivity index (χ3v) is 7.83. The van der Waals surface area contributed by atoms with E-state index in [1.165, 1.54) is 12.1 Å². The lowest BCUT2D eigenvalue weighted by molar-refractivity contribution is 0.566. The zero-order valence-corrected chi connectivity index (χ0v) is 22.1. The summed E-state index contributed by atoms with van der Waals surface area (Å²) >= 11 is 6.08. The van der Waals surface area contributed by atoms with Crippen molar-refractivity contribution in [2.45, 2.75) is 70.2 Å². The minimum atomic E-state index is -3.95. The van der Waals surface area contributed by atoms with E-state index in [9.17, 15) is 12.8 Å². The monoisotopic (exact) mass is 501 g/mol. The van der Waals surface area contributed by atoms with Crippen LogP contribution >= 0.6 is 11.6 Å². The number of nitrogens with one attached hydrogen (secondary N) is 1. The molecule has 34 heavy (non-hydrogen) atoms. The Balaban J connectivity index is 2.20. The predicted octanol–water partition coefficient (Wildman–Crippen LogP) is 7.92. The maximum Gasteiger partial charge on any atom is 0.242 e. The van der Waals surface area contributed by atoms with Crippen molar-refractivity contribution in [3.05, 3.63) is 99.3 Å². The highest BCUT2D eigenvalue weighted by Crippen LogP contribution is 2.36. The molecule has 0 aromatic heterocycles. The Bertz CT molecular complexity index is 1160. The molecule has 182 valence electrons. The molecule has 3 nitrogen and oxygen atoms in total. The Labute approximate surface area is 208 Å². The summed E-state index contributed by atoms with van der Waals surface area (Å²) in [6, 6.07) is 16.2. The highest BCUT2D eigenvalue weighted by Gasteiger charge is 2.30. The normalized spacial score (nSPS) is 13.1. The molecular formula is C28H33ClFNO2S. The van der Waals surface area contributed by atoms with Gasteiger partial charge >= 0.3 is 0 Å². The van der Waals surface area contributed by atoms with Crippen molar-refractivity contribution in [1.29, 1.82) is 0 Å². The standard InChI is InChI=1S/C28H33ClFNO2S/c1-17(2)22-15-25(18(3)4)28(26(16-22)19(5)6)34(32,33)31-27(20-7-11-23(29)12-8-20)21-9-13-24(30)14-10-21/h7-19,27,31H,1-6H3. The summed E-state index contributed by atoms with van der Waals surface area (Å²) in [6.07, 6.45) is 0. The van der Waals surface area contributed by atoms with Gasteiger partial charge in [-0.25, -0.2) is 12.8 Å². The molecule has 0 saturated heterocycles. The van der Waals surface area contributed by atoms with Crippen molar-refractivity contribution < 1.29 is 12.8 Å². The molecule has 0 amide bonds. The Hall–Kier alpha value is -2.21. The van der Waals surface area contributed by atoms with Gasteiger partial charge in [-0.05, 0) is 69.8 Å². The maximum absolute atomic E-state index is 14.0. The molecule has 0 aliphatic heterocycles. The second-order valence-corrected chi connectivity index (χ2v) is 11.7. The fourth-order valence-corrected chi connectivity index (χ4v) is 6.09. The summed E-state index contributed by atoms with van der Waals surface area (Å²) in [5, 5.41) is 0.554. The van der Waals surface area contributed by atoms with Crippen molar-refractivity contribution in [2.75, 3.05) is 0 Å². The predicted molar refractivity (Wildman–Crippen MR) is 139 cm³/mol. The van der Waals surface area contributed by atoms with Crippen LogP contribution < -0.4 is 4.72 Å². The van der Waals surface area contributed by atoms with Gasteiger partial charge in [-0.15, -0.1) is 0 Å². The second kappa shape index (κ2) is 10.6. The van der Waals surface area contributed by atoms with Gasteiger partial charge in [0.05, 0.1) is 10.9 Å². The van der Waals surface area contributed by atoms with E-state index in [-0.39, 0.29) is 23.6 Å². The highest BCUT2D eigenvalue weighted by molar-refractivity contribution is 7.89. The van der Waals surface area contributed by atoms with Gasteiger partial charge in [0.25, 0.3) is 0 Å². The van der Waals surface area contributed by atoms with Crippen LogP contribution in [0.1, 0.15) is 93.2 Å². The lowest BCUT2D eigenvalue weighted by Crippen LogP contribution is -2.31.